The van der Waals surface area contributed by atoms with E-state index >= 15 is 0 Å². The zero-order valence-electron chi connectivity index (χ0n) is 20.5. The molecule has 0 saturated carbocycles. The lowest BCUT2D eigenvalue weighted by atomic mass is 10.0. The summed E-state index contributed by atoms with van der Waals surface area (Å²) in [5.74, 6) is -1.09. The third-order valence-corrected chi connectivity index (χ3v) is 5.18. The topological polar surface area (TPSA) is 123 Å². The smallest absolute Gasteiger partial charge is 0.332 e. The molecule has 2 amide bonds. The molecule has 2 aromatic rings. The van der Waals surface area contributed by atoms with Gasteiger partial charge in [-0.2, -0.15) is 5.48 Å². The largest absolute Gasteiger partial charge is 0.355 e. The first-order valence-corrected chi connectivity index (χ1v) is 11.8. The van der Waals surface area contributed by atoms with E-state index < -0.39 is 5.97 Å². The molecule has 0 spiro atoms. The fourth-order valence-corrected chi connectivity index (χ4v) is 3.34. The Morgan fingerprint density at radius 2 is 1.36 bits per heavy atom. The van der Waals surface area contributed by atoms with Gasteiger partial charge in [0.2, 0.25) is 5.91 Å². The van der Waals surface area contributed by atoms with Crippen LogP contribution >= 0.6 is 24.8 Å². The van der Waals surface area contributed by atoms with Gasteiger partial charge in [0, 0.05) is 26.1 Å². The van der Waals surface area contributed by atoms with Gasteiger partial charge in [0.05, 0.1) is 13.0 Å². The molecule has 10 heteroatoms. The number of rotatable bonds is 15. The first-order chi connectivity index (χ1) is 16.6. The number of hydroxylamine groups is 1. The molecule has 8 nitrogen and oxygen atoms in total. The van der Waals surface area contributed by atoms with Crippen LogP contribution in [0.15, 0.2) is 54.6 Å². The van der Waals surface area contributed by atoms with Crippen LogP contribution in [0.2, 0.25) is 0 Å². The third kappa shape index (κ3) is 15.4. The Bertz CT molecular complexity index is 883. The molecule has 0 saturated heterocycles. The molecular formula is C26H38Cl2N4O4. The number of unbranched alkanes of at least 4 members (excludes halogenated alkanes) is 1. The minimum Gasteiger partial charge on any atom is -0.355 e. The SMILES string of the molecule is Cl.Cl.NCCNCC(=O)NCCCC(=O)ONC(=O)Cc1ccc(CCCCc2ccccc2)cc1. The van der Waals surface area contributed by atoms with Crippen molar-refractivity contribution in [3.05, 3.63) is 71.3 Å². The van der Waals surface area contributed by atoms with E-state index in [1.165, 1.54) is 11.1 Å². The molecule has 0 heterocycles. The lowest BCUT2D eigenvalue weighted by Gasteiger charge is -2.08. The minimum atomic E-state index is -0.547. The first-order valence-electron chi connectivity index (χ1n) is 11.8. The molecule has 0 aliphatic heterocycles. The zero-order valence-corrected chi connectivity index (χ0v) is 22.1. The fraction of sp³-hybridized carbons (Fsp3) is 0.423. The maximum atomic E-state index is 12.0. The number of hydrogen-bond acceptors (Lipinski definition) is 6. The summed E-state index contributed by atoms with van der Waals surface area (Å²) in [7, 11) is 0. The van der Waals surface area contributed by atoms with E-state index in [0.29, 0.717) is 26.1 Å². The number of halogens is 2. The van der Waals surface area contributed by atoms with Gasteiger partial charge in [-0.1, -0.05) is 54.6 Å². The van der Waals surface area contributed by atoms with Gasteiger partial charge in [0.1, 0.15) is 0 Å². The maximum absolute atomic E-state index is 12.0. The van der Waals surface area contributed by atoms with Crippen molar-refractivity contribution < 1.29 is 19.2 Å². The summed E-state index contributed by atoms with van der Waals surface area (Å²) in [5, 5.41) is 5.57. The molecule has 0 atom stereocenters. The molecule has 0 aromatic heterocycles. The van der Waals surface area contributed by atoms with Crippen LogP contribution < -0.4 is 21.8 Å². The van der Waals surface area contributed by atoms with Crippen molar-refractivity contribution >= 4 is 42.6 Å². The standard InChI is InChI=1S/C26H36N4O4.2ClH/c27-16-18-28-20-25(32)29-17-6-11-26(33)34-30-24(31)19-23-14-12-22(13-15-23)10-5-4-9-21-7-2-1-3-8-21;;/h1-3,7-8,12-15,28H,4-6,9-11,16-20,27H2,(H,29,32)(H,30,31);2*1H. The van der Waals surface area contributed by atoms with Crippen molar-refractivity contribution in [3.8, 4) is 0 Å². The van der Waals surface area contributed by atoms with E-state index in [4.69, 9.17) is 10.6 Å². The van der Waals surface area contributed by atoms with Crippen LogP contribution in [0, 0.1) is 0 Å². The quantitative estimate of drug-likeness (QED) is 0.203. The minimum absolute atomic E-state index is 0. The number of hydrogen-bond donors (Lipinski definition) is 4. The molecule has 2 aromatic carbocycles. The van der Waals surface area contributed by atoms with Crippen molar-refractivity contribution in [3.63, 3.8) is 0 Å². The van der Waals surface area contributed by atoms with Gasteiger partial charge in [-0.3, -0.25) is 9.59 Å². The highest BCUT2D eigenvalue weighted by Gasteiger charge is 2.09. The molecule has 0 aliphatic carbocycles. The van der Waals surface area contributed by atoms with Gasteiger partial charge in [-0.15, -0.1) is 24.8 Å². The number of carbonyl (C=O) groups excluding carboxylic acids is 3. The van der Waals surface area contributed by atoms with E-state index in [1.54, 1.807) is 0 Å². The number of nitrogens with two attached hydrogens (primary N) is 1. The summed E-state index contributed by atoms with van der Waals surface area (Å²) in [4.78, 5) is 40.1. The molecule has 200 valence electrons. The highest BCUT2D eigenvalue weighted by atomic mass is 35.5. The average molecular weight is 542 g/mol. The zero-order chi connectivity index (χ0) is 24.4. The van der Waals surface area contributed by atoms with Gasteiger partial charge in [-0.25, -0.2) is 4.79 Å². The Morgan fingerprint density at radius 1 is 0.750 bits per heavy atom. The molecule has 0 radical (unpaired) electrons. The Balaban J connectivity index is 0.00000612. The summed E-state index contributed by atoms with van der Waals surface area (Å²) in [5.41, 5.74) is 11.0. The second kappa shape index (κ2) is 20.5. The van der Waals surface area contributed by atoms with Crippen molar-refractivity contribution in [2.24, 2.45) is 5.73 Å². The summed E-state index contributed by atoms with van der Waals surface area (Å²) in [6.45, 7) is 1.57. The molecule has 0 fully saturated rings. The van der Waals surface area contributed by atoms with E-state index in [-0.39, 0.29) is 56.0 Å². The summed E-state index contributed by atoms with van der Waals surface area (Å²) in [6.07, 6.45) is 4.98. The Labute approximate surface area is 225 Å². The van der Waals surface area contributed by atoms with Gasteiger partial charge in [0.15, 0.2) is 0 Å². The number of carbonyl (C=O) groups is 3. The normalized spacial score (nSPS) is 9.92. The van der Waals surface area contributed by atoms with Crippen LogP contribution in [0.4, 0.5) is 0 Å². The molecule has 0 bridgehead atoms. The molecule has 0 unspecified atom stereocenters. The molecule has 5 N–H and O–H groups in total. The van der Waals surface area contributed by atoms with E-state index in [1.807, 2.05) is 30.3 Å². The average Bonchev–Trinajstić information content (AvgIpc) is 2.85. The number of benzene rings is 2. The summed E-state index contributed by atoms with van der Waals surface area (Å²) in [6, 6.07) is 18.4. The second-order valence-corrected chi connectivity index (χ2v) is 8.10. The molecule has 36 heavy (non-hydrogen) atoms. The van der Waals surface area contributed by atoms with E-state index in [2.05, 4.69) is 40.4 Å². The van der Waals surface area contributed by atoms with Crippen LogP contribution in [0.5, 0.6) is 0 Å². The van der Waals surface area contributed by atoms with E-state index in [0.717, 1.165) is 31.2 Å². The lowest BCUT2D eigenvalue weighted by molar-refractivity contribution is -0.158. The third-order valence-electron chi connectivity index (χ3n) is 5.18. The fourth-order valence-electron chi connectivity index (χ4n) is 3.34. The van der Waals surface area contributed by atoms with E-state index in [9.17, 15) is 14.4 Å². The van der Waals surface area contributed by atoms with Gasteiger partial charge >= 0.3 is 5.97 Å². The highest BCUT2D eigenvalue weighted by Crippen LogP contribution is 2.11. The summed E-state index contributed by atoms with van der Waals surface area (Å²) < 4.78 is 0. The van der Waals surface area contributed by atoms with Gasteiger partial charge < -0.3 is 21.2 Å². The second-order valence-electron chi connectivity index (χ2n) is 8.10. The van der Waals surface area contributed by atoms with Gasteiger partial charge in [0.25, 0.3) is 5.91 Å². The molecular weight excluding hydrogens is 503 g/mol. The Kier molecular flexibility index (Phi) is 19.0. The molecule has 0 aliphatic rings. The summed E-state index contributed by atoms with van der Waals surface area (Å²) >= 11 is 0. The molecule has 2 rings (SSSR count). The monoisotopic (exact) mass is 540 g/mol. The van der Waals surface area contributed by atoms with Crippen molar-refractivity contribution in [1.29, 1.82) is 0 Å². The number of nitrogens with one attached hydrogen (secondary N) is 3. The predicted molar refractivity (Wildman–Crippen MR) is 146 cm³/mol. The Morgan fingerprint density at radius 3 is 2.00 bits per heavy atom. The maximum Gasteiger partial charge on any atom is 0.332 e. The van der Waals surface area contributed by atoms with Crippen LogP contribution in [0.25, 0.3) is 0 Å². The van der Waals surface area contributed by atoms with Crippen molar-refractivity contribution in [2.75, 3.05) is 26.2 Å². The van der Waals surface area contributed by atoms with Crippen LogP contribution in [0.1, 0.15) is 42.4 Å². The highest BCUT2D eigenvalue weighted by molar-refractivity contribution is 5.85. The van der Waals surface area contributed by atoms with Crippen molar-refractivity contribution in [1.82, 2.24) is 16.1 Å². The Hall–Kier alpha value is -2.65. The van der Waals surface area contributed by atoms with Crippen LogP contribution in [0.3, 0.4) is 0 Å². The van der Waals surface area contributed by atoms with Crippen LogP contribution in [-0.2, 0) is 38.5 Å². The van der Waals surface area contributed by atoms with Gasteiger partial charge in [-0.05, 0) is 48.8 Å². The van der Waals surface area contributed by atoms with Crippen LogP contribution in [-0.4, -0.2) is 44.0 Å². The number of aryl methyl sites for hydroxylation is 2. The number of amides is 2. The first kappa shape index (κ1) is 33.4. The van der Waals surface area contributed by atoms with Crippen molar-refractivity contribution in [2.45, 2.75) is 44.9 Å². The lowest BCUT2D eigenvalue weighted by Crippen LogP contribution is -2.36. The predicted octanol–water partition coefficient (Wildman–Crippen LogP) is 2.66.